The Balaban J connectivity index is 0.942. The number of ether oxygens (including phenoxy) is 1. The highest BCUT2D eigenvalue weighted by atomic mass is 16.5. The Hall–Kier alpha value is -8.60. The number of benzene rings is 11. The van der Waals surface area contributed by atoms with Gasteiger partial charge in [0.05, 0.1) is 0 Å². The van der Waals surface area contributed by atoms with E-state index in [0.29, 0.717) is 0 Å². The van der Waals surface area contributed by atoms with E-state index in [2.05, 4.69) is 228 Å². The van der Waals surface area contributed by atoms with Crippen molar-refractivity contribution in [2.75, 3.05) is 9.80 Å². The van der Waals surface area contributed by atoms with Crippen molar-refractivity contribution in [1.29, 1.82) is 0 Å². The Bertz CT molecular complexity index is 3710. The Kier molecular flexibility index (Phi) is 8.18. The van der Waals surface area contributed by atoms with Crippen LogP contribution in [0.5, 0.6) is 11.5 Å². The molecule has 0 aliphatic carbocycles. The average Bonchev–Trinajstić information content (AvgIpc) is 3.73. The first-order valence-corrected chi connectivity index (χ1v) is 21.7. The van der Waals surface area contributed by atoms with Crippen LogP contribution in [0.2, 0.25) is 0 Å². The minimum absolute atomic E-state index is 0.827. The van der Waals surface area contributed by atoms with Crippen molar-refractivity contribution < 1.29 is 9.15 Å². The highest BCUT2D eigenvalue weighted by Crippen LogP contribution is 2.52. The molecule has 4 nitrogen and oxygen atoms in total. The first-order valence-electron chi connectivity index (χ1n) is 21.7. The summed E-state index contributed by atoms with van der Waals surface area (Å²) in [4.78, 5) is 4.60. The van der Waals surface area contributed by atoms with Gasteiger partial charge in [0, 0.05) is 61.9 Å². The minimum Gasteiger partial charge on any atom is -0.456 e. The van der Waals surface area contributed by atoms with Gasteiger partial charge in [-0.05, 0) is 147 Å². The van der Waals surface area contributed by atoms with Crippen LogP contribution in [0.25, 0.3) is 76.5 Å². The molecule has 1 aromatic heterocycles. The number of nitrogens with zero attached hydrogens (tertiary/aromatic N) is 2. The van der Waals surface area contributed by atoms with E-state index in [1.807, 2.05) is 12.1 Å². The third-order valence-electron chi connectivity index (χ3n) is 12.8. The van der Waals surface area contributed by atoms with E-state index in [0.717, 1.165) is 78.5 Å². The molecule has 12 aromatic rings. The molecule has 0 N–H and O–H groups in total. The summed E-state index contributed by atoms with van der Waals surface area (Å²) in [7, 11) is 0. The number of fused-ring (bicyclic) bond motifs is 9. The van der Waals surface area contributed by atoms with Crippen molar-refractivity contribution in [2.24, 2.45) is 0 Å². The molecule has 0 spiro atoms. The van der Waals surface area contributed by atoms with E-state index in [1.54, 1.807) is 0 Å². The average molecular weight is 819 g/mol. The molecule has 13 rings (SSSR count). The second-order valence-corrected chi connectivity index (χ2v) is 16.5. The first kappa shape index (κ1) is 36.1. The quantitative estimate of drug-likeness (QED) is 0.150. The van der Waals surface area contributed by atoms with Gasteiger partial charge in [0.15, 0.2) is 0 Å². The van der Waals surface area contributed by atoms with Crippen LogP contribution in [0.15, 0.2) is 235 Å². The molecule has 0 amide bonds. The normalized spacial score (nSPS) is 11.9. The van der Waals surface area contributed by atoms with E-state index in [1.165, 1.54) is 43.6 Å². The fraction of sp³-hybridized carbons (Fsp3) is 0. The monoisotopic (exact) mass is 818 g/mol. The highest BCUT2D eigenvalue weighted by molar-refractivity contribution is 6.25. The lowest BCUT2D eigenvalue weighted by atomic mass is 9.86. The van der Waals surface area contributed by atoms with Gasteiger partial charge < -0.3 is 19.0 Å². The molecule has 1 aliphatic heterocycles. The molecular formula is C60H38N2O2. The van der Waals surface area contributed by atoms with Gasteiger partial charge in [-0.2, -0.15) is 0 Å². The summed E-state index contributed by atoms with van der Waals surface area (Å²) in [6.45, 7) is 0. The van der Waals surface area contributed by atoms with Crippen molar-refractivity contribution in [3.63, 3.8) is 0 Å². The lowest BCUT2D eigenvalue weighted by Gasteiger charge is -2.28. The van der Waals surface area contributed by atoms with E-state index >= 15 is 0 Å². The summed E-state index contributed by atoms with van der Waals surface area (Å²) in [6, 6.07) is 82.1. The Labute approximate surface area is 370 Å². The zero-order valence-corrected chi connectivity index (χ0v) is 34.7. The van der Waals surface area contributed by atoms with E-state index < -0.39 is 0 Å². The molecule has 0 saturated heterocycles. The molecule has 4 heteroatoms. The summed E-state index contributed by atoms with van der Waals surface area (Å²) in [5.41, 5.74) is 12.8. The molecular weight excluding hydrogens is 781 g/mol. The third-order valence-corrected chi connectivity index (χ3v) is 12.8. The molecule has 1 aliphatic rings. The number of furan rings is 1. The zero-order chi connectivity index (χ0) is 42.1. The molecule has 0 saturated carbocycles. The van der Waals surface area contributed by atoms with E-state index in [9.17, 15) is 0 Å². The van der Waals surface area contributed by atoms with Gasteiger partial charge in [-0.25, -0.2) is 0 Å². The lowest BCUT2D eigenvalue weighted by molar-refractivity contribution is 0.487. The summed E-state index contributed by atoms with van der Waals surface area (Å²) < 4.78 is 13.2. The van der Waals surface area contributed by atoms with Gasteiger partial charge >= 0.3 is 0 Å². The number of hydrogen-bond acceptors (Lipinski definition) is 4. The van der Waals surface area contributed by atoms with Gasteiger partial charge in [-0.15, -0.1) is 0 Å². The molecule has 64 heavy (non-hydrogen) atoms. The number of rotatable bonds is 7. The third kappa shape index (κ3) is 5.77. The molecule has 11 aromatic carbocycles. The largest absolute Gasteiger partial charge is 0.456 e. The van der Waals surface area contributed by atoms with Crippen LogP contribution >= 0.6 is 0 Å². The topological polar surface area (TPSA) is 28.9 Å². The summed E-state index contributed by atoms with van der Waals surface area (Å²) in [5, 5.41) is 9.36. The molecule has 0 radical (unpaired) electrons. The SMILES string of the molecule is c1ccc(N(c2ccccc2)c2ccc(-c3cc4c5cccc6c5c(cc4c4ccccc34)-c3ccc(N(c4ccccc4)c4ccc5oc7ccccc7c5c4)cc3O6)cc2)cc1. The second kappa shape index (κ2) is 14.5. The summed E-state index contributed by atoms with van der Waals surface area (Å²) in [6.07, 6.45) is 0. The van der Waals surface area contributed by atoms with Gasteiger partial charge in [0.2, 0.25) is 0 Å². The zero-order valence-electron chi connectivity index (χ0n) is 34.7. The second-order valence-electron chi connectivity index (χ2n) is 16.5. The van der Waals surface area contributed by atoms with Crippen molar-refractivity contribution in [3.05, 3.63) is 231 Å². The molecule has 0 unspecified atom stereocenters. The number of hydrogen-bond donors (Lipinski definition) is 0. The van der Waals surface area contributed by atoms with Crippen LogP contribution < -0.4 is 14.5 Å². The van der Waals surface area contributed by atoms with Crippen molar-refractivity contribution in [1.82, 2.24) is 0 Å². The van der Waals surface area contributed by atoms with E-state index in [4.69, 9.17) is 9.15 Å². The van der Waals surface area contributed by atoms with Crippen LogP contribution in [-0.4, -0.2) is 0 Å². The number of para-hydroxylation sites is 4. The maximum atomic E-state index is 6.94. The van der Waals surface area contributed by atoms with Crippen LogP contribution in [0, 0.1) is 0 Å². The van der Waals surface area contributed by atoms with Crippen LogP contribution in [-0.2, 0) is 0 Å². The Morgan fingerprint density at radius 2 is 0.781 bits per heavy atom. The van der Waals surface area contributed by atoms with Crippen molar-refractivity contribution >= 4 is 88.4 Å². The predicted molar refractivity (Wildman–Crippen MR) is 267 cm³/mol. The number of anilines is 6. The smallest absolute Gasteiger partial charge is 0.137 e. The standard InChI is InChI=1S/C60H38N2O2/c1-4-15-40(16-5-1)61(41-17-6-2-7-18-41)43-29-27-39(28-30-43)51-37-53-50-24-14-26-58-60(50)55(38-52(53)47-22-11-10-21-46(47)51)49-33-31-45(36-59(49)64-58)62(42-19-8-3-9-20-42)44-32-34-57-54(35-44)48-23-12-13-25-56(48)63-57/h1-38H. The summed E-state index contributed by atoms with van der Waals surface area (Å²) in [5.74, 6) is 1.69. The predicted octanol–water partition coefficient (Wildman–Crippen LogP) is 17.4. The fourth-order valence-corrected chi connectivity index (χ4v) is 9.91. The molecule has 300 valence electrons. The minimum atomic E-state index is 0.827. The first-order chi connectivity index (χ1) is 31.7. The van der Waals surface area contributed by atoms with Crippen LogP contribution in [0.1, 0.15) is 0 Å². The highest BCUT2D eigenvalue weighted by Gasteiger charge is 2.25. The van der Waals surface area contributed by atoms with Gasteiger partial charge in [-0.3, -0.25) is 0 Å². The molecule has 0 bridgehead atoms. The van der Waals surface area contributed by atoms with E-state index in [-0.39, 0.29) is 0 Å². The Morgan fingerprint density at radius 1 is 0.266 bits per heavy atom. The fourth-order valence-electron chi connectivity index (χ4n) is 9.91. The molecule has 0 fully saturated rings. The van der Waals surface area contributed by atoms with Crippen molar-refractivity contribution in [3.8, 4) is 33.8 Å². The van der Waals surface area contributed by atoms with Gasteiger partial charge in [0.1, 0.15) is 22.7 Å². The maximum absolute atomic E-state index is 6.94. The Morgan fingerprint density at radius 3 is 1.50 bits per heavy atom. The maximum Gasteiger partial charge on any atom is 0.137 e. The van der Waals surface area contributed by atoms with Crippen LogP contribution in [0.4, 0.5) is 34.1 Å². The van der Waals surface area contributed by atoms with Gasteiger partial charge in [-0.1, -0.05) is 121 Å². The lowest BCUT2D eigenvalue weighted by Crippen LogP contribution is -2.10. The van der Waals surface area contributed by atoms with Gasteiger partial charge in [0.25, 0.3) is 0 Å². The van der Waals surface area contributed by atoms with Crippen molar-refractivity contribution in [2.45, 2.75) is 0 Å². The molecule has 2 heterocycles. The molecule has 0 atom stereocenters. The van der Waals surface area contributed by atoms with Crippen LogP contribution in [0.3, 0.4) is 0 Å². The summed E-state index contributed by atoms with van der Waals surface area (Å²) >= 11 is 0.